The van der Waals surface area contributed by atoms with Gasteiger partial charge in [0.05, 0.1) is 11.2 Å². The van der Waals surface area contributed by atoms with E-state index in [1.807, 2.05) is 42.5 Å². The molecule has 0 radical (unpaired) electrons. The molecule has 2 aromatic heterocycles. The van der Waals surface area contributed by atoms with Crippen LogP contribution in [0, 0.1) is 17.8 Å². The molecule has 2 aliphatic rings. The number of amides is 1. The molecule has 4 aromatic rings. The van der Waals surface area contributed by atoms with Gasteiger partial charge in [-0.15, -0.1) is 6.42 Å². The highest BCUT2D eigenvalue weighted by Gasteiger charge is 2.51. The number of alkyl halides is 1. The number of Topliss-reactive ketones (excluding diaryl/α,β-unsaturated/α-hetero) is 1. The van der Waals surface area contributed by atoms with E-state index in [1.54, 1.807) is 24.0 Å². The Bertz CT molecular complexity index is 1580. The molecule has 2 aliphatic carbocycles. The Morgan fingerprint density at radius 1 is 1.05 bits per heavy atom. The minimum Gasteiger partial charge on any atom is -0.451 e. The van der Waals surface area contributed by atoms with Crippen LogP contribution < -0.4 is 5.32 Å². The smallest absolute Gasteiger partial charge is 0.287 e. The summed E-state index contributed by atoms with van der Waals surface area (Å²) in [5.41, 5.74) is 0.428. The van der Waals surface area contributed by atoms with Crippen molar-refractivity contribution in [2.45, 2.75) is 63.1 Å². The second-order valence-corrected chi connectivity index (χ2v) is 11.2. The van der Waals surface area contributed by atoms with Crippen LogP contribution >= 0.6 is 0 Å². The van der Waals surface area contributed by atoms with Gasteiger partial charge in [0.1, 0.15) is 23.9 Å². The fourth-order valence-corrected chi connectivity index (χ4v) is 5.42. The van der Waals surface area contributed by atoms with Crippen LogP contribution in [0.4, 0.5) is 4.39 Å². The van der Waals surface area contributed by atoms with Gasteiger partial charge in [-0.25, -0.2) is 14.1 Å². The summed E-state index contributed by atoms with van der Waals surface area (Å²) < 4.78 is 22.3. The lowest BCUT2D eigenvalue weighted by Crippen LogP contribution is -2.58. The minimum absolute atomic E-state index is 0.113. The molecule has 39 heavy (non-hydrogen) atoms. The number of ketones is 1. The fourth-order valence-electron chi connectivity index (χ4n) is 5.42. The lowest BCUT2D eigenvalue weighted by molar-refractivity contribution is -0.128. The summed E-state index contributed by atoms with van der Waals surface area (Å²) in [5, 5.41) is 7.87. The molecule has 2 fully saturated rings. The zero-order valence-electron chi connectivity index (χ0n) is 21.7. The molecule has 0 spiro atoms. The van der Waals surface area contributed by atoms with E-state index in [0.717, 1.165) is 35.0 Å². The summed E-state index contributed by atoms with van der Waals surface area (Å²) in [6, 6.07) is 15.3. The quantitative estimate of drug-likeness (QED) is 0.308. The number of aromatic nitrogens is 3. The van der Waals surface area contributed by atoms with Gasteiger partial charge in [0.25, 0.3) is 5.91 Å². The second-order valence-electron chi connectivity index (χ2n) is 11.2. The van der Waals surface area contributed by atoms with Crippen molar-refractivity contribution < 1.29 is 18.4 Å². The van der Waals surface area contributed by atoms with Crippen LogP contribution in [-0.2, 0) is 4.79 Å². The number of fused-ring (bicyclic) bond motifs is 1. The van der Waals surface area contributed by atoms with Crippen molar-refractivity contribution in [3.63, 3.8) is 0 Å². The molecule has 198 valence electrons. The number of benzene rings is 2. The highest BCUT2D eigenvalue weighted by atomic mass is 19.1. The summed E-state index contributed by atoms with van der Waals surface area (Å²) in [4.78, 5) is 30.9. The van der Waals surface area contributed by atoms with Gasteiger partial charge in [0.2, 0.25) is 0 Å². The van der Waals surface area contributed by atoms with E-state index in [9.17, 15) is 14.0 Å². The first-order valence-electron chi connectivity index (χ1n) is 13.2. The third kappa shape index (κ3) is 4.85. The number of hydrogen-bond donors (Lipinski definition) is 1. The molecule has 1 amide bonds. The van der Waals surface area contributed by atoms with Crippen LogP contribution in [0.1, 0.15) is 62.4 Å². The predicted octanol–water partition coefficient (Wildman–Crippen LogP) is 5.82. The van der Waals surface area contributed by atoms with Gasteiger partial charge in [-0.1, -0.05) is 30.2 Å². The van der Waals surface area contributed by atoms with Crippen molar-refractivity contribution in [2.75, 3.05) is 0 Å². The fraction of sp³-hybridized carbons (Fsp3) is 0.355. The monoisotopic (exact) mass is 524 g/mol. The van der Waals surface area contributed by atoms with Gasteiger partial charge >= 0.3 is 0 Å². The van der Waals surface area contributed by atoms with Crippen LogP contribution in [0.15, 0.2) is 65.6 Å². The predicted molar refractivity (Wildman–Crippen MR) is 145 cm³/mol. The van der Waals surface area contributed by atoms with Gasteiger partial charge in [-0.3, -0.25) is 9.59 Å². The number of halogens is 1. The zero-order valence-corrected chi connectivity index (χ0v) is 21.7. The molecule has 0 saturated heterocycles. The molecule has 0 bridgehead atoms. The molecule has 0 atom stereocenters. The molecule has 2 saturated carbocycles. The van der Waals surface area contributed by atoms with Gasteiger partial charge in [-0.2, -0.15) is 5.10 Å². The zero-order chi connectivity index (χ0) is 27.3. The highest BCUT2D eigenvalue weighted by molar-refractivity contribution is 6.01. The van der Waals surface area contributed by atoms with E-state index >= 15 is 0 Å². The van der Waals surface area contributed by atoms with Crippen molar-refractivity contribution >= 4 is 22.7 Å². The summed E-state index contributed by atoms with van der Waals surface area (Å²) >= 11 is 0. The van der Waals surface area contributed by atoms with Crippen LogP contribution in [0.2, 0.25) is 0 Å². The first kappa shape index (κ1) is 25.1. The highest BCUT2D eigenvalue weighted by Crippen LogP contribution is 2.50. The molecule has 2 aromatic carbocycles. The maximum Gasteiger partial charge on any atom is 0.287 e. The van der Waals surface area contributed by atoms with E-state index in [2.05, 4.69) is 21.3 Å². The van der Waals surface area contributed by atoms with Gasteiger partial charge in [0.15, 0.2) is 11.5 Å². The van der Waals surface area contributed by atoms with Crippen molar-refractivity contribution in [3.05, 3.63) is 66.9 Å². The molecule has 1 N–H and O–H groups in total. The second kappa shape index (κ2) is 9.19. The number of hydrogen-bond acceptors (Lipinski definition) is 5. The molecule has 6 rings (SSSR count). The van der Waals surface area contributed by atoms with Gasteiger partial charge < -0.3 is 9.73 Å². The van der Waals surface area contributed by atoms with Crippen molar-refractivity contribution in [1.82, 2.24) is 20.1 Å². The number of carbonyl (C=O) groups excluding carboxylic acids is 2. The Kier molecular flexibility index (Phi) is 5.91. The molecule has 7 nitrogen and oxygen atoms in total. The summed E-state index contributed by atoms with van der Waals surface area (Å²) in [7, 11) is 0. The largest absolute Gasteiger partial charge is 0.451 e. The van der Waals surface area contributed by atoms with Gasteiger partial charge in [0, 0.05) is 17.2 Å². The Morgan fingerprint density at radius 3 is 2.41 bits per heavy atom. The maximum atomic E-state index is 14.7. The normalized spacial score (nSPS) is 23.7. The summed E-state index contributed by atoms with van der Waals surface area (Å²) in [6.45, 7) is 1.55. The topological polar surface area (TPSA) is 90.0 Å². The van der Waals surface area contributed by atoms with E-state index in [-0.39, 0.29) is 43.6 Å². The average molecular weight is 525 g/mol. The maximum absolute atomic E-state index is 14.7. The summed E-state index contributed by atoms with van der Waals surface area (Å²) in [5.74, 6) is 2.27. The standard InChI is InChI=1S/C31H29FN4O3/c1-3-30(12-13-30)18-27(37)31(14-10-29(2,32)11-15-31)35-28(38)26-17-23-5-4-22(16-25(23)39-26)21-6-8-24(9-7-21)36-20-33-19-34-36/h1,4-9,16-17,19-20H,10-15,18H2,2H3,(H,35,38). The summed E-state index contributed by atoms with van der Waals surface area (Å²) in [6.07, 6.45) is 11.5. The number of furan rings is 1. The van der Waals surface area contributed by atoms with Crippen LogP contribution in [0.3, 0.4) is 0 Å². The molecule has 8 heteroatoms. The Labute approximate surface area is 225 Å². The SMILES string of the molecule is C#CC1(CC(=O)C2(NC(=O)c3cc4ccc(-c5ccc(-n6cncn6)cc5)cc4o3)CCC(C)(F)CC2)CC1. The number of nitrogens with one attached hydrogen (secondary N) is 1. The lowest BCUT2D eigenvalue weighted by atomic mass is 9.71. The van der Waals surface area contributed by atoms with Crippen LogP contribution in [-0.4, -0.2) is 37.7 Å². The van der Waals surface area contributed by atoms with E-state index in [1.165, 1.54) is 6.33 Å². The third-order valence-electron chi connectivity index (χ3n) is 8.32. The van der Waals surface area contributed by atoms with Crippen molar-refractivity contribution in [2.24, 2.45) is 5.41 Å². The lowest BCUT2D eigenvalue weighted by Gasteiger charge is -2.41. The number of terminal acetylenes is 1. The Hall–Kier alpha value is -4.25. The van der Waals surface area contributed by atoms with Gasteiger partial charge in [-0.05, 0) is 80.8 Å². The molecule has 0 unspecified atom stereocenters. The Morgan fingerprint density at radius 2 is 1.77 bits per heavy atom. The number of nitrogens with zero attached hydrogens (tertiary/aromatic N) is 3. The molecular formula is C31H29FN4O3. The van der Waals surface area contributed by atoms with E-state index in [4.69, 9.17) is 10.8 Å². The van der Waals surface area contributed by atoms with Crippen molar-refractivity contribution in [1.29, 1.82) is 0 Å². The van der Waals surface area contributed by atoms with Crippen LogP contribution in [0.25, 0.3) is 27.8 Å². The van der Waals surface area contributed by atoms with Crippen LogP contribution in [0.5, 0.6) is 0 Å². The molecule has 2 heterocycles. The number of rotatable bonds is 7. The Balaban J connectivity index is 1.23. The number of carbonyl (C=O) groups is 2. The first-order chi connectivity index (χ1) is 18.7. The average Bonchev–Trinajstić information content (AvgIpc) is 3.30. The molecule has 0 aliphatic heterocycles. The molecular weight excluding hydrogens is 495 g/mol. The minimum atomic E-state index is -1.36. The third-order valence-corrected chi connectivity index (χ3v) is 8.32. The first-order valence-corrected chi connectivity index (χ1v) is 13.2. The van der Waals surface area contributed by atoms with E-state index in [0.29, 0.717) is 5.58 Å². The van der Waals surface area contributed by atoms with E-state index < -0.39 is 22.5 Å². The van der Waals surface area contributed by atoms with Crippen molar-refractivity contribution in [3.8, 4) is 29.2 Å².